The molecule has 9 N–H and O–H groups in total. The maximum Gasteiger partial charge on any atom is 0.287 e. The Kier molecular flexibility index (Phi) is 27.4. The number of carbonyl (C=O) groups excluding carboxylic acids is 5. The molecule has 0 radical (unpaired) electrons. The second-order valence-electron chi connectivity index (χ2n) is 11.1. The number of Topliss-reactive ketones (excluding diaryl/α,β-unsaturated/α-hetero) is 1. The normalized spacial score (nSPS) is 19.6. The van der Waals surface area contributed by atoms with Crippen molar-refractivity contribution in [2.75, 3.05) is 25.2 Å². The van der Waals surface area contributed by atoms with E-state index in [4.69, 9.17) is 16.0 Å². The molecule has 1 heterocycles. The quantitative estimate of drug-likeness (QED) is 0.0369. The summed E-state index contributed by atoms with van der Waals surface area (Å²) < 4.78 is 1.52. The molecule has 2 saturated carbocycles. The molecule has 2 bridgehead atoms. The largest absolute Gasteiger partial charge is 0.399 e. The van der Waals surface area contributed by atoms with Crippen LogP contribution in [0.15, 0.2) is 46.9 Å². The standard InChI is InChI=1S/C11H20N4O4S.C11H19NO.C8H10N2O2.C2H4.CH4S/c1-6(3-4-8(17)10(18)14-2)15-11(19)9(20-13)7(12)5-16;1-8-5-9-3-2-4-10(6-9)11(8)12-7-13;1-2-10-5-3-4-7(8(10)12)9-6-11;2*1-2/h6,16H,3-5,12-13H2,1-2H3,(H,14,18)(H,15,19);7-11H,2-6H2,1H3,(H,12,13);3-6H,2H2,1H3,(H,9,11);1-2H2;2H,1H3/b9-7-;;;;. The minimum Gasteiger partial charge on any atom is -0.399 e. The van der Waals surface area contributed by atoms with E-state index in [-0.39, 0.29) is 28.6 Å². The van der Waals surface area contributed by atoms with Crippen molar-refractivity contribution in [3.63, 3.8) is 0 Å². The number of nitrogens with one attached hydrogen (secondary N) is 4. The summed E-state index contributed by atoms with van der Waals surface area (Å²) in [6.45, 7) is 12.0. The fourth-order valence-electron chi connectivity index (χ4n) is 5.66. The van der Waals surface area contributed by atoms with Gasteiger partial charge in [0.2, 0.25) is 18.6 Å². The van der Waals surface area contributed by atoms with E-state index in [1.54, 1.807) is 31.5 Å². The number of fused-ring (bicyclic) bond motifs is 2. The lowest BCUT2D eigenvalue weighted by molar-refractivity contribution is -0.137. The lowest BCUT2D eigenvalue weighted by Crippen LogP contribution is -2.47. The van der Waals surface area contributed by atoms with Crippen LogP contribution in [0.5, 0.6) is 0 Å². The van der Waals surface area contributed by atoms with Gasteiger partial charge < -0.3 is 36.7 Å². The van der Waals surface area contributed by atoms with Gasteiger partial charge in [-0.3, -0.25) is 33.9 Å². The van der Waals surface area contributed by atoms with Crippen molar-refractivity contribution in [3.8, 4) is 0 Å². The van der Waals surface area contributed by atoms with E-state index in [1.807, 2.05) is 6.92 Å². The summed E-state index contributed by atoms with van der Waals surface area (Å²) in [6, 6.07) is 3.42. The predicted octanol–water partition coefficient (Wildman–Crippen LogP) is 2.09. The number of thiol groups is 1. The molecule has 1 aromatic heterocycles. The Balaban J connectivity index is 0. The molecule has 0 aliphatic heterocycles. The number of hydrogen-bond donors (Lipinski definition) is 8. The van der Waals surface area contributed by atoms with E-state index in [1.165, 1.54) is 43.7 Å². The monoisotopic (exact) mass is 727 g/mol. The number of aliphatic hydroxyl groups is 1. The third-order valence-corrected chi connectivity index (χ3v) is 8.62. The Labute approximate surface area is 300 Å². The zero-order valence-corrected chi connectivity index (χ0v) is 31.1. The van der Waals surface area contributed by atoms with Crippen molar-refractivity contribution in [1.82, 2.24) is 20.5 Å². The maximum absolute atomic E-state index is 11.8. The number of aliphatic hydroxyl groups excluding tert-OH is 1. The van der Waals surface area contributed by atoms with Crippen LogP contribution < -0.4 is 37.7 Å². The second kappa shape index (κ2) is 28.3. The number of aromatic nitrogens is 1. The van der Waals surface area contributed by atoms with Gasteiger partial charge in [-0.15, -0.1) is 13.2 Å². The summed E-state index contributed by atoms with van der Waals surface area (Å²) in [5.74, 6) is 0.683. The molecule has 1 aromatic rings. The van der Waals surface area contributed by atoms with Gasteiger partial charge in [0.1, 0.15) is 10.6 Å². The van der Waals surface area contributed by atoms with Gasteiger partial charge in [-0.2, -0.15) is 12.6 Å². The van der Waals surface area contributed by atoms with Gasteiger partial charge in [0.25, 0.3) is 17.4 Å². The molecule has 0 saturated heterocycles. The highest BCUT2D eigenvalue weighted by molar-refractivity contribution is 8.01. The van der Waals surface area contributed by atoms with Crippen LogP contribution in [0.3, 0.4) is 0 Å². The first kappa shape index (κ1) is 47.5. The van der Waals surface area contributed by atoms with Gasteiger partial charge in [0, 0.05) is 38.3 Å². The average molecular weight is 728 g/mol. The van der Waals surface area contributed by atoms with Crippen LogP contribution in [0.2, 0.25) is 0 Å². The lowest BCUT2D eigenvalue weighted by Gasteiger charge is -2.43. The first-order valence-corrected chi connectivity index (χ1v) is 17.8. The Morgan fingerprint density at radius 3 is 2.35 bits per heavy atom. The number of pyridine rings is 1. The summed E-state index contributed by atoms with van der Waals surface area (Å²) in [6.07, 6.45) is 11.9. The zero-order chi connectivity index (χ0) is 37.9. The molecule has 0 aromatic carbocycles. The van der Waals surface area contributed by atoms with Gasteiger partial charge in [-0.1, -0.05) is 19.8 Å². The van der Waals surface area contributed by atoms with Crippen LogP contribution in [0, 0.1) is 17.8 Å². The molecule has 16 heteroatoms. The molecule has 4 amide bonds. The molecule has 3 rings (SSSR count). The minimum absolute atomic E-state index is 0.0193. The molecule has 5 atom stereocenters. The number of nitrogens with zero attached hydrogens (tertiary/aromatic N) is 1. The van der Waals surface area contributed by atoms with E-state index >= 15 is 0 Å². The fourth-order valence-corrected chi connectivity index (χ4v) is 6.04. The van der Waals surface area contributed by atoms with E-state index in [0.717, 1.165) is 18.2 Å². The Hall–Kier alpha value is -3.60. The van der Waals surface area contributed by atoms with Crippen LogP contribution in [-0.4, -0.2) is 72.1 Å². The van der Waals surface area contributed by atoms with Crippen LogP contribution in [0.25, 0.3) is 0 Å². The average Bonchev–Trinajstić information content (AvgIpc) is 3.12. The van der Waals surface area contributed by atoms with Crippen LogP contribution in [0.1, 0.15) is 65.7 Å². The molecule has 2 aliphatic carbocycles. The van der Waals surface area contributed by atoms with E-state index < -0.39 is 24.2 Å². The predicted molar refractivity (Wildman–Crippen MR) is 200 cm³/mol. The smallest absolute Gasteiger partial charge is 0.287 e. The number of carbonyl (C=O) groups is 5. The summed E-state index contributed by atoms with van der Waals surface area (Å²) in [5, 5.41) is 24.3. The molecule has 2 fully saturated rings. The van der Waals surface area contributed by atoms with Crippen molar-refractivity contribution < 1.29 is 29.1 Å². The lowest BCUT2D eigenvalue weighted by atomic mass is 9.66. The molecule has 2 aliphatic rings. The van der Waals surface area contributed by atoms with Gasteiger partial charge in [-0.25, -0.2) is 0 Å². The molecule has 278 valence electrons. The molecular formula is C33H57N7O7S2. The highest BCUT2D eigenvalue weighted by Gasteiger charge is 2.37. The SMILES string of the molecule is C=C.CC1CC2CCCC(C2)C1NC=O.CCn1cccc(NC=O)c1=O.CNC(=O)C(=O)CCC(C)NC(=O)/C(SN)=C(/N)CO.CS. The van der Waals surface area contributed by atoms with Gasteiger partial charge >= 0.3 is 0 Å². The summed E-state index contributed by atoms with van der Waals surface area (Å²) in [7, 11) is 1.37. The summed E-state index contributed by atoms with van der Waals surface area (Å²) in [5.41, 5.74) is 5.56. The van der Waals surface area contributed by atoms with Crippen LogP contribution in [0.4, 0.5) is 5.69 Å². The van der Waals surface area contributed by atoms with Crippen molar-refractivity contribution in [2.24, 2.45) is 28.6 Å². The van der Waals surface area contributed by atoms with Crippen molar-refractivity contribution in [1.29, 1.82) is 0 Å². The zero-order valence-electron chi connectivity index (χ0n) is 29.4. The van der Waals surface area contributed by atoms with E-state index in [0.29, 0.717) is 49.0 Å². The molecule has 0 spiro atoms. The first-order valence-electron chi connectivity index (χ1n) is 16.0. The number of hydrogen-bond acceptors (Lipinski definition) is 11. The minimum atomic E-state index is -0.661. The van der Waals surface area contributed by atoms with Gasteiger partial charge in [0.05, 0.1) is 12.3 Å². The summed E-state index contributed by atoms with van der Waals surface area (Å²) in [4.78, 5) is 66.0. The number of amides is 4. The topological polar surface area (TPSA) is 228 Å². The third kappa shape index (κ3) is 17.6. The Morgan fingerprint density at radius 1 is 1.16 bits per heavy atom. The Bertz CT molecular complexity index is 1240. The van der Waals surface area contributed by atoms with Crippen molar-refractivity contribution >= 4 is 60.7 Å². The number of rotatable bonds is 13. The number of anilines is 1. The fraction of sp³-hybridized carbons (Fsp3) is 0.576. The second-order valence-corrected chi connectivity index (χ2v) is 11.8. The number of aryl methyl sites for hydroxylation is 1. The highest BCUT2D eigenvalue weighted by Crippen LogP contribution is 2.42. The van der Waals surface area contributed by atoms with Crippen molar-refractivity contribution in [3.05, 3.63) is 52.4 Å². The van der Waals surface area contributed by atoms with Gasteiger partial charge in [-0.05, 0) is 87.6 Å². The number of nitrogens with two attached hydrogens (primary N) is 2. The van der Waals surface area contributed by atoms with Gasteiger partial charge in [0.15, 0.2) is 0 Å². The summed E-state index contributed by atoms with van der Waals surface area (Å²) >= 11 is 4.16. The van der Waals surface area contributed by atoms with E-state index in [2.05, 4.69) is 54.0 Å². The van der Waals surface area contributed by atoms with Crippen LogP contribution in [-0.2, 0) is 30.5 Å². The Morgan fingerprint density at radius 2 is 1.82 bits per heavy atom. The number of likely N-dealkylation sites (N-methyl/N-ethyl adjacent to an activating group) is 1. The first-order chi connectivity index (χ1) is 23.5. The van der Waals surface area contributed by atoms with Crippen molar-refractivity contribution in [2.45, 2.75) is 84.3 Å². The molecular weight excluding hydrogens is 671 g/mol. The van der Waals surface area contributed by atoms with Crippen LogP contribution >= 0.6 is 24.6 Å². The maximum atomic E-state index is 11.8. The molecule has 5 unspecified atom stereocenters. The third-order valence-electron chi connectivity index (χ3n) is 7.93. The van der Waals surface area contributed by atoms with E-state index in [9.17, 15) is 28.8 Å². The molecule has 49 heavy (non-hydrogen) atoms. The molecule has 14 nitrogen and oxygen atoms in total. The number of ketones is 1. The highest BCUT2D eigenvalue weighted by atomic mass is 32.2.